The molecule has 2 aromatic rings. The van der Waals surface area contributed by atoms with Crippen LogP contribution in [0, 0.1) is 13.8 Å². The lowest BCUT2D eigenvalue weighted by Gasteiger charge is -2.06. The Labute approximate surface area is 105 Å². The number of rotatable bonds is 2. The van der Waals surface area contributed by atoms with Crippen molar-refractivity contribution in [2.75, 3.05) is 11.1 Å². The number of carbonyl (C=O) groups is 1. The maximum absolute atomic E-state index is 12.1. The Bertz CT molecular complexity index is 590. The van der Waals surface area contributed by atoms with Crippen molar-refractivity contribution in [3.05, 3.63) is 23.3 Å². The van der Waals surface area contributed by atoms with Gasteiger partial charge in [-0.25, -0.2) is 0 Å². The van der Waals surface area contributed by atoms with Gasteiger partial charge in [-0.3, -0.25) is 14.2 Å². The van der Waals surface area contributed by atoms with Crippen LogP contribution in [0.5, 0.6) is 0 Å². The highest BCUT2D eigenvalue weighted by Crippen LogP contribution is 2.20. The zero-order chi connectivity index (χ0) is 13.4. The minimum Gasteiger partial charge on any atom is -0.396 e. The lowest BCUT2D eigenvalue weighted by Crippen LogP contribution is -2.18. The Morgan fingerprint density at radius 3 is 2.44 bits per heavy atom. The van der Waals surface area contributed by atoms with Gasteiger partial charge in [0.05, 0.1) is 29.0 Å². The Morgan fingerprint density at radius 1 is 1.33 bits per heavy atom. The molecule has 1 amide bonds. The zero-order valence-electron chi connectivity index (χ0n) is 10.9. The van der Waals surface area contributed by atoms with E-state index in [0.29, 0.717) is 17.1 Å². The molecule has 0 aliphatic heterocycles. The minimum absolute atomic E-state index is 0.285. The van der Waals surface area contributed by atoms with Crippen LogP contribution in [0.25, 0.3) is 0 Å². The van der Waals surface area contributed by atoms with Crippen molar-refractivity contribution in [3.63, 3.8) is 0 Å². The summed E-state index contributed by atoms with van der Waals surface area (Å²) in [4.78, 5) is 12.1. The van der Waals surface area contributed by atoms with E-state index in [9.17, 15) is 4.79 Å². The van der Waals surface area contributed by atoms with Gasteiger partial charge in [0.1, 0.15) is 5.69 Å². The number of aryl methyl sites for hydroxylation is 3. The summed E-state index contributed by atoms with van der Waals surface area (Å²) in [5.41, 5.74) is 8.78. The largest absolute Gasteiger partial charge is 0.396 e. The second-order valence-corrected chi connectivity index (χ2v) is 4.20. The maximum atomic E-state index is 12.1. The molecule has 7 nitrogen and oxygen atoms in total. The average molecular weight is 248 g/mol. The molecule has 0 radical (unpaired) electrons. The van der Waals surface area contributed by atoms with Crippen LogP contribution in [0.1, 0.15) is 21.9 Å². The first-order chi connectivity index (χ1) is 8.41. The van der Waals surface area contributed by atoms with E-state index in [1.54, 1.807) is 11.7 Å². The summed E-state index contributed by atoms with van der Waals surface area (Å²) in [6, 6.07) is 0. The molecule has 7 heteroatoms. The third-order valence-electron chi connectivity index (χ3n) is 2.93. The van der Waals surface area contributed by atoms with Gasteiger partial charge in [-0.15, -0.1) is 0 Å². The topological polar surface area (TPSA) is 90.8 Å². The summed E-state index contributed by atoms with van der Waals surface area (Å²) in [6.45, 7) is 3.73. The highest BCUT2D eigenvalue weighted by molar-refractivity contribution is 6.06. The summed E-state index contributed by atoms with van der Waals surface area (Å²) >= 11 is 0. The Balaban J connectivity index is 2.33. The van der Waals surface area contributed by atoms with Gasteiger partial charge in [0.15, 0.2) is 0 Å². The molecule has 96 valence electrons. The van der Waals surface area contributed by atoms with Crippen molar-refractivity contribution in [2.45, 2.75) is 13.8 Å². The van der Waals surface area contributed by atoms with Crippen molar-refractivity contribution in [2.24, 2.45) is 14.1 Å². The van der Waals surface area contributed by atoms with Crippen molar-refractivity contribution >= 4 is 17.3 Å². The lowest BCUT2D eigenvalue weighted by molar-refractivity contribution is 0.101. The van der Waals surface area contributed by atoms with Gasteiger partial charge in [0, 0.05) is 14.1 Å². The first-order valence-electron chi connectivity index (χ1n) is 5.50. The number of nitrogens with two attached hydrogens (primary N) is 1. The van der Waals surface area contributed by atoms with E-state index in [-0.39, 0.29) is 5.91 Å². The fraction of sp³-hybridized carbons (Fsp3) is 0.364. The highest BCUT2D eigenvalue weighted by Gasteiger charge is 2.18. The molecule has 3 N–H and O–H groups in total. The Hall–Kier alpha value is -2.31. The normalized spacial score (nSPS) is 10.7. The minimum atomic E-state index is -0.285. The van der Waals surface area contributed by atoms with Crippen LogP contribution >= 0.6 is 0 Å². The first kappa shape index (κ1) is 12.2. The molecule has 0 fully saturated rings. The van der Waals surface area contributed by atoms with Crippen LogP contribution in [-0.2, 0) is 14.1 Å². The van der Waals surface area contributed by atoms with Gasteiger partial charge in [-0.05, 0) is 13.8 Å². The van der Waals surface area contributed by atoms with E-state index in [1.165, 1.54) is 10.9 Å². The second kappa shape index (κ2) is 4.17. The third kappa shape index (κ3) is 1.83. The van der Waals surface area contributed by atoms with E-state index in [1.807, 2.05) is 20.9 Å². The SMILES string of the molecule is Cc1nn(C)c(C)c1NC(=O)c1c(N)cnn1C. The van der Waals surface area contributed by atoms with Crippen LogP contribution in [0.2, 0.25) is 0 Å². The van der Waals surface area contributed by atoms with Crippen molar-refractivity contribution in [1.29, 1.82) is 0 Å². The molecule has 0 aromatic carbocycles. The van der Waals surface area contributed by atoms with Crippen LogP contribution < -0.4 is 11.1 Å². The van der Waals surface area contributed by atoms with E-state index in [4.69, 9.17) is 5.73 Å². The predicted octanol–water partition coefficient (Wildman–Crippen LogP) is 0.605. The number of nitrogens with zero attached hydrogens (tertiary/aromatic N) is 4. The molecule has 2 rings (SSSR count). The Kier molecular flexibility index (Phi) is 2.82. The fourth-order valence-electron chi connectivity index (χ4n) is 1.86. The van der Waals surface area contributed by atoms with Gasteiger partial charge >= 0.3 is 0 Å². The lowest BCUT2D eigenvalue weighted by atomic mass is 10.3. The number of carbonyl (C=O) groups excluding carboxylic acids is 1. The van der Waals surface area contributed by atoms with Gasteiger partial charge in [0.25, 0.3) is 5.91 Å². The van der Waals surface area contributed by atoms with Gasteiger partial charge in [-0.1, -0.05) is 0 Å². The molecule has 0 spiro atoms. The smallest absolute Gasteiger partial charge is 0.276 e. The van der Waals surface area contributed by atoms with Crippen LogP contribution in [-0.4, -0.2) is 25.5 Å². The third-order valence-corrected chi connectivity index (χ3v) is 2.93. The maximum Gasteiger partial charge on any atom is 0.276 e. The second-order valence-electron chi connectivity index (χ2n) is 4.20. The number of nitrogens with one attached hydrogen (secondary N) is 1. The molecule has 0 atom stereocenters. The predicted molar refractivity (Wildman–Crippen MR) is 68.3 cm³/mol. The molecule has 0 aliphatic rings. The van der Waals surface area contributed by atoms with Gasteiger partial charge in [-0.2, -0.15) is 10.2 Å². The number of hydrogen-bond acceptors (Lipinski definition) is 4. The summed E-state index contributed by atoms with van der Waals surface area (Å²) in [6.07, 6.45) is 1.46. The Morgan fingerprint density at radius 2 is 2.00 bits per heavy atom. The number of hydrogen-bond donors (Lipinski definition) is 2. The standard InChI is InChI=1S/C11H16N6O/c1-6-9(7(2)16(3)15-6)14-11(18)10-8(12)5-13-17(10)4/h5H,12H2,1-4H3,(H,14,18). The summed E-state index contributed by atoms with van der Waals surface area (Å²) in [7, 11) is 3.50. The molecule has 0 saturated heterocycles. The number of anilines is 2. The molecule has 2 heterocycles. The monoisotopic (exact) mass is 248 g/mol. The molecular formula is C11H16N6O. The highest BCUT2D eigenvalue weighted by atomic mass is 16.2. The molecule has 0 aliphatic carbocycles. The van der Waals surface area contributed by atoms with Gasteiger partial charge < -0.3 is 11.1 Å². The van der Waals surface area contributed by atoms with E-state index < -0.39 is 0 Å². The molecule has 18 heavy (non-hydrogen) atoms. The van der Waals surface area contributed by atoms with Crippen molar-refractivity contribution < 1.29 is 4.79 Å². The summed E-state index contributed by atoms with van der Waals surface area (Å²) in [5, 5.41) is 11.0. The fourth-order valence-corrected chi connectivity index (χ4v) is 1.86. The van der Waals surface area contributed by atoms with Crippen molar-refractivity contribution in [3.8, 4) is 0 Å². The first-order valence-corrected chi connectivity index (χ1v) is 5.50. The molecule has 2 aromatic heterocycles. The molecular weight excluding hydrogens is 232 g/mol. The average Bonchev–Trinajstić information content (AvgIpc) is 2.74. The van der Waals surface area contributed by atoms with E-state index in [0.717, 1.165) is 11.4 Å². The molecule has 0 unspecified atom stereocenters. The van der Waals surface area contributed by atoms with E-state index in [2.05, 4.69) is 15.5 Å². The van der Waals surface area contributed by atoms with E-state index >= 15 is 0 Å². The summed E-state index contributed by atoms with van der Waals surface area (Å²) < 4.78 is 3.17. The zero-order valence-corrected chi connectivity index (χ0v) is 10.9. The van der Waals surface area contributed by atoms with Gasteiger partial charge in [0.2, 0.25) is 0 Å². The van der Waals surface area contributed by atoms with Crippen LogP contribution in [0.15, 0.2) is 6.20 Å². The van der Waals surface area contributed by atoms with Crippen LogP contribution in [0.3, 0.4) is 0 Å². The summed E-state index contributed by atoms with van der Waals surface area (Å²) in [5.74, 6) is -0.285. The van der Waals surface area contributed by atoms with Crippen molar-refractivity contribution in [1.82, 2.24) is 19.6 Å². The number of aromatic nitrogens is 4. The number of amides is 1. The quantitative estimate of drug-likeness (QED) is 0.814. The molecule has 0 saturated carbocycles. The molecule has 0 bridgehead atoms. The van der Waals surface area contributed by atoms with Crippen LogP contribution in [0.4, 0.5) is 11.4 Å². The number of nitrogen functional groups attached to an aromatic ring is 1.